The van der Waals surface area contributed by atoms with E-state index in [1.54, 1.807) is 19.1 Å². The Morgan fingerprint density at radius 1 is 1.18 bits per heavy atom. The van der Waals surface area contributed by atoms with Crippen molar-refractivity contribution in [2.75, 3.05) is 0 Å². The van der Waals surface area contributed by atoms with E-state index in [0.29, 0.717) is 0 Å². The van der Waals surface area contributed by atoms with Gasteiger partial charge in [0.05, 0.1) is 10.9 Å². The number of halogens is 3. The molecule has 0 fully saturated rings. The molecule has 4 nitrogen and oxygen atoms in total. The number of nitrogens with one attached hydrogen (secondary N) is 1. The first-order valence-electron chi connectivity index (χ1n) is 6.09. The van der Waals surface area contributed by atoms with Gasteiger partial charge in [0.25, 0.3) is 0 Å². The summed E-state index contributed by atoms with van der Waals surface area (Å²) in [4.78, 5) is 0.700. The zero-order valence-corrected chi connectivity index (χ0v) is 12.9. The molecule has 0 bridgehead atoms. The SMILES string of the molecule is CC(NS(=O)(=O)c1ccc(OC(F)(F)F)cc1)c1cccs1. The van der Waals surface area contributed by atoms with Crippen LogP contribution in [0.2, 0.25) is 0 Å². The lowest BCUT2D eigenvalue weighted by molar-refractivity contribution is -0.274. The third-order valence-corrected chi connectivity index (χ3v) is 5.28. The Kier molecular flexibility index (Phi) is 4.78. The van der Waals surface area contributed by atoms with E-state index in [0.717, 1.165) is 29.1 Å². The molecule has 1 unspecified atom stereocenters. The number of thiophene rings is 1. The van der Waals surface area contributed by atoms with Crippen LogP contribution in [-0.4, -0.2) is 14.8 Å². The van der Waals surface area contributed by atoms with Crippen LogP contribution in [0.15, 0.2) is 46.7 Å². The molecular weight excluding hydrogens is 339 g/mol. The van der Waals surface area contributed by atoms with E-state index in [4.69, 9.17) is 0 Å². The van der Waals surface area contributed by atoms with E-state index in [1.807, 2.05) is 5.38 Å². The van der Waals surface area contributed by atoms with Gasteiger partial charge in [0.1, 0.15) is 5.75 Å². The highest BCUT2D eigenvalue weighted by molar-refractivity contribution is 7.89. The molecule has 0 radical (unpaired) electrons. The normalized spacial score (nSPS) is 13.8. The van der Waals surface area contributed by atoms with Gasteiger partial charge in [-0.2, -0.15) is 0 Å². The second-order valence-electron chi connectivity index (χ2n) is 4.38. The van der Waals surface area contributed by atoms with Crippen molar-refractivity contribution in [3.8, 4) is 5.75 Å². The van der Waals surface area contributed by atoms with Crippen molar-refractivity contribution in [1.29, 1.82) is 0 Å². The van der Waals surface area contributed by atoms with Crippen molar-refractivity contribution in [2.24, 2.45) is 0 Å². The van der Waals surface area contributed by atoms with Crippen LogP contribution in [0, 0.1) is 0 Å². The summed E-state index contributed by atoms with van der Waals surface area (Å²) < 4.78 is 66.6. The van der Waals surface area contributed by atoms with E-state index in [1.165, 1.54) is 11.3 Å². The van der Waals surface area contributed by atoms with Gasteiger partial charge in [-0.05, 0) is 42.6 Å². The van der Waals surface area contributed by atoms with E-state index in [-0.39, 0.29) is 4.90 Å². The predicted octanol–water partition coefficient (Wildman–Crippen LogP) is 3.69. The summed E-state index contributed by atoms with van der Waals surface area (Å²) in [5.41, 5.74) is 0. The van der Waals surface area contributed by atoms with E-state index in [2.05, 4.69) is 9.46 Å². The summed E-state index contributed by atoms with van der Waals surface area (Å²) >= 11 is 1.40. The van der Waals surface area contributed by atoms with E-state index < -0.39 is 28.2 Å². The first kappa shape index (κ1) is 16.8. The topological polar surface area (TPSA) is 55.4 Å². The standard InChI is InChI=1S/C13H12F3NO3S2/c1-9(12-3-2-8-21-12)17-22(18,19)11-6-4-10(5-7-11)20-13(14,15)16/h2-9,17H,1H3. The molecule has 0 amide bonds. The van der Waals surface area contributed by atoms with Gasteiger partial charge in [-0.1, -0.05) is 6.07 Å². The lowest BCUT2D eigenvalue weighted by Gasteiger charge is -2.13. The van der Waals surface area contributed by atoms with Crippen LogP contribution in [0.5, 0.6) is 5.75 Å². The summed E-state index contributed by atoms with van der Waals surface area (Å²) in [7, 11) is -3.83. The zero-order chi connectivity index (χ0) is 16.4. The third-order valence-electron chi connectivity index (χ3n) is 2.67. The lowest BCUT2D eigenvalue weighted by Crippen LogP contribution is -2.26. The van der Waals surface area contributed by atoms with Gasteiger partial charge in [-0.3, -0.25) is 0 Å². The largest absolute Gasteiger partial charge is 0.573 e. The number of ether oxygens (including phenoxy) is 1. The van der Waals surface area contributed by atoms with Gasteiger partial charge in [0.15, 0.2) is 0 Å². The first-order chi connectivity index (χ1) is 10.2. The smallest absolute Gasteiger partial charge is 0.406 e. The van der Waals surface area contributed by atoms with Crippen LogP contribution >= 0.6 is 11.3 Å². The highest BCUT2D eigenvalue weighted by Gasteiger charge is 2.31. The van der Waals surface area contributed by atoms with Crippen LogP contribution in [0.1, 0.15) is 17.8 Å². The van der Waals surface area contributed by atoms with Crippen LogP contribution < -0.4 is 9.46 Å². The average Bonchev–Trinajstić information content (AvgIpc) is 2.90. The van der Waals surface area contributed by atoms with Crippen molar-refractivity contribution >= 4 is 21.4 Å². The maximum Gasteiger partial charge on any atom is 0.573 e. The number of hydrogen-bond donors (Lipinski definition) is 1. The summed E-state index contributed by atoms with van der Waals surface area (Å²) in [6.07, 6.45) is -4.81. The molecule has 0 aliphatic carbocycles. The number of hydrogen-bond acceptors (Lipinski definition) is 4. The van der Waals surface area contributed by atoms with Crippen LogP contribution in [0.3, 0.4) is 0 Å². The summed E-state index contributed by atoms with van der Waals surface area (Å²) in [6, 6.07) is 7.19. The van der Waals surface area contributed by atoms with Gasteiger partial charge in [-0.25, -0.2) is 13.1 Å². The van der Waals surface area contributed by atoms with Gasteiger partial charge < -0.3 is 4.74 Å². The minimum absolute atomic E-state index is 0.134. The van der Waals surface area contributed by atoms with Crippen LogP contribution in [0.25, 0.3) is 0 Å². The van der Waals surface area contributed by atoms with Crippen molar-refractivity contribution < 1.29 is 26.3 Å². The van der Waals surface area contributed by atoms with Crippen molar-refractivity contribution in [3.63, 3.8) is 0 Å². The van der Waals surface area contributed by atoms with Gasteiger partial charge in [0.2, 0.25) is 10.0 Å². The molecule has 120 valence electrons. The molecule has 9 heteroatoms. The second-order valence-corrected chi connectivity index (χ2v) is 7.07. The van der Waals surface area contributed by atoms with Crippen LogP contribution in [-0.2, 0) is 10.0 Å². The Morgan fingerprint density at radius 3 is 2.32 bits per heavy atom. The van der Waals surface area contributed by atoms with Crippen molar-refractivity contribution in [3.05, 3.63) is 46.7 Å². The third kappa shape index (κ3) is 4.46. The van der Waals surface area contributed by atoms with Gasteiger partial charge >= 0.3 is 6.36 Å². The zero-order valence-electron chi connectivity index (χ0n) is 11.3. The lowest BCUT2D eigenvalue weighted by atomic mass is 10.3. The summed E-state index contributed by atoms with van der Waals surface area (Å²) in [5, 5.41) is 1.82. The van der Waals surface area contributed by atoms with Crippen molar-refractivity contribution in [2.45, 2.75) is 24.2 Å². The van der Waals surface area contributed by atoms with Gasteiger partial charge in [0, 0.05) is 4.88 Å². The number of rotatable bonds is 5. The molecule has 1 atom stereocenters. The Morgan fingerprint density at radius 2 is 1.82 bits per heavy atom. The minimum atomic E-state index is -4.81. The van der Waals surface area contributed by atoms with E-state index >= 15 is 0 Å². The maximum atomic E-state index is 12.2. The quantitative estimate of drug-likeness (QED) is 0.894. The van der Waals surface area contributed by atoms with Crippen LogP contribution in [0.4, 0.5) is 13.2 Å². The second kappa shape index (κ2) is 6.27. The molecule has 0 aliphatic rings. The Bertz CT molecular complexity index is 710. The Balaban J connectivity index is 2.12. The molecule has 1 aromatic heterocycles. The Hall–Kier alpha value is -1.58. The van der Waals surface area contributed by atoms with Gasteiger partial charge in [-0.15, -0.1) is 24.5 Å². The fraction of sp³-hybridized carbons (Fsp3) is 0.231. The molecule has 0 saturated heterocycles. The number of alkyl halides is 3. The summed E-state index contributed by atoms with van der Waals surface area (Å²) in [6.45, 7) is 1.69. The molecule has 2 rings (SSSR count). The molecule has 0 aliphatic heterocycles. The fourth-order valence-electron chi connectivity index (χ4n) is 1.72. The molecule has 22 heavy (non-hydrogen) atoms. The molecule has 0 spiro atoms. The number of sulfonamides is 1. The highest BCUT2D eigenvalue weighted by atomic mass is 32.2. The minimum Gasteiger partial charge on any atom is -0.406 e. The molecule has 0 saturated carbocycles. The molecule has 1 N–H and O–H groups in total. The average molecular weight is 351 g/mol. The van der Waals surface area contributed by atoms with Crippen molar-refractivity contribution in [1.82, 2.24) is 4.72 Å². The highest BCUT2D eigenvalue weighted by Crippen LogP contribution is 2.25. The predicted molar refractivity (Wildman–Crippen MR) is 76.2 cm³/mol. The monoisotopic (exact) mass is 351 g/mol. The number of benzene rings is 1. The first-order valence-corrected chi connectivity index (χ1v) is 8.45. The molecule has 1 aromatic carbocycles. The fourth-order valence-corrected chi connectivity index (χ4v) is 3.75. The van der Waals surface area contributed by atoms with E-state index in [9.17, 15) is 21.6 Å². The molecular formula is C13H12F3NO3S2. The summed E-state index contributed by atoms with van der Waals surface area (Å²) in [5.74, 6) is -0.474. The maximum absolute atomic E-state index is 12.2. The molecule has 2 aromatic rings. The molecule has 1 heterocycles. The Labute approximate surface area is 129 Å².